The summed E-state index contributed by atoms with van der Waals surface area (Å²) >= 11 is 0. The summed E-state index contributed by atoms with van der Waals surface area (Å²) in [7, 11) is -2.85. The van der Waals surface area contributed by atoms with Crippen LogP contribution in [0.3, 0.4) is 0 Å². The van der Waals surface area contributed by atoms with Gasteiger partial charge in [-0.05, 0) is 87.2 Å². The molecule has 196 valence electrons. The Kier molecular flexibility index (Phi) is 8.22. The molecule has 0 aliphatic rings. The van der Waals surface area contributed by atoms with Crippen molar-refractivity contribution in [2.24, 2.45) is 0 Å². The van der Waals surface area contributed by atoms with E-state index in [-0.39, 0.29) is 22.3 Å². The van der Waals surface area contributed by atoms with Crippen molar-refractivity contribution < 1.29 is 22.9 Å². The molecule has 0 heterocycles. The smallest absolute Gasteiger partial charge is 0.273 e. The molecule has 10 heteroatoms. The maximum atomic E-state index is 13.7. The number of nitrogens with zero attached hydrogens (tertiary/aromatic N) is 2. The fourth-order valence-corrected chi connectivity index (χ4v) is 5.52. The van der Waals surface area contributed by atoms with E-state index in [2.05, 4.69) is 5.32 Å². The summed E-state index contributed by atoms with van der Waals surface area (Å²) in [5.74, 6) is -0.0125. The Morgan fingerprint density at radius 3 is 2.19 bits per heavy atom. The zero-order valence-corrected chi connectivity index (χ0v) is 22.5. The van der Waals surface area contributed by atoms with Gasteiger partial charge in [0.1, 0.15) is 12.3 Å². The average molecular weight is 526 g/mol. The van der Waals surface area contributed by atoms with E-state index in [9.17, 15) is 23.3 Å². The molecule has 0 saturated carbocycles. The van der Waals surface area contributed by atoms with Gasteiger partial charge in [-0.15, -0.1) is 0 Å². The number of carbonyl (C=O) groups is 1. The Labute approximate surface area is 217 Å². The minimum atomic E-state index is -4.34. The Hall–Kier alpha value is -3.92. The van der Waals surface area contributed by atoms with E-state index in [1.54, 1.807) is 12.1 Å². The summed E-state index contributed by atoms with van der Waals surface area (Å²) in [4.78, 5) is 23.7. The van der Waals surface area contributed by atoms with Gasteiger partial charge in [0.05, 0.1) is 28.7 Å². The number of methoxy groups -OCH3 is 1. The number of amides is 1. The van der Waals surface area contributed by atoms with Crippen LogP contribution in [0.2, 0.25) is 0 Å². The predicted molar refractivity (Wildman–Crippen MR) is 143 cm³/mol. The molecule has 0 aliphatic carbocycles. The van der Waals surface area contributed by atoms with E-state index in [1.165, 1.54) is 38.3 Å². The summed E-state index contributed by atoms with van der Waals surface area (Å²) in [5, 5.41) is 14.3. The number of hydrogen-bond acceptors (Lipinski definition) is 6. The van der Waals surface area contributed by atoms with Gasteiger partial charge in [-0.3, -0.25) is 19.2 Å². The van der Waals surface area contributed by atoms with Crippen LogP contribution in [-0.2, 0) is 14.8 Å². The average Bonchev–Trinajstić information content (AvgIpc) is 2.84. The molecule has 0 radical (unpaired) electrons. The third-order valence-corrected chi connectivity index (χ3v) is 8.11. The third kappa shape index (κ3) is 6.08. The highest BCUT2D eigenvalue weighted by Gasteiger charge is 2.30. The van der Waals surface area contributed by atoms with Crippen LogP contribution in [0, 0.1) is 37.8 Å². The number of sulfonamides is 1. The molecule has 1 N–H and O–H groups in total. The van der Waals surface area contributed by atoms with Crippen LogP contribution in [0.5, 0.6) is 5.75 Å². The lowest BCUT2D eigenvalue weighted by Crippen LogP contribution is -2.41. The van der Waals surface area contributed by atoms with Crippen LogP contribution in [0.25, 0.3) is 0 Å². The van der Waals surface area contributed by atoms with Gasteiger partial charge in [-0.1, -0.05) is 18.2 Å². The second-order valence-electron chi connectivity index (χ2n) is 9.00. The number of carbonyl (C=O) groups excluding carboxylic acids is 1. The van der Waals surface area contributed by atoms with Gasteiger partial charge < -0.3 is 10.1 Å². The summed E-state index contributed by atoms with van der Waals surface area (Å²) < 4.78 is 33.5. The Morgan fingerprint density at radius 1 is 0.973 bits per heavy atom. The first-order valence-electron chi connectivity index (χ1n) is 11.6. The van der Waals surface area contributed by atoms with Gasteiger partial charge in [0.25, 0.3) is 15.7 Å². The monoisotopic (exact) mass is 525 g/mol. The van der Waals surface area contributed by atoms with E-state index in [0.717, 1.165) is 32.6 Å². The van der Waals surface area contributed by atoms with E-state index < -0.39 is 27.4 Å². The zero-order valence-electron chi connectivity index (χ0n) is 21.7. The summed E-state index contributed by atoms with van der Waals surface area (Å²) in [6.45, 7) is 8.81. The van der Waals surface area contributed by atoms with Crippen molar-refractivity contribution in [3.05, 3.63) is 92.5 Å². The van der Waals surface area contributed by atoms with Gasteiger partial charge in [0.2, 0.25) is 5.91 Å². The SMILES string of the molecule is COc1ccc(N(CC(=O)NC(C)c2cc(C)c(C)cc2C)S(=O)(=O)c2ccc(C)c([N+](=O)[O-])c2)cc1. The van der Waals surface area contributed by atoms with E-state index >= 15 is 0 Å². The second-order valence-corrected chi connectivity index (χ2v) is 10.9. The van der Waals surface area contributed by atoms with Crippen molar-refractivity contribution in [2.75, 3.05) is 18.0 Å². The van der Waals surface area contributed by atoms with Crippen LogP contribution < -0.4 is 14.4 Å². The largest absolute Gasteiger partial charge is 0.497 e. The molecule has 0 bridgehead atoms. The number of nitro groups is 1. The van der Waals surface area contributed by atoms with Gasteiger partial charge in [0.15, 0.2) is 0 Å². The summed E-state index contributed by atoms with van der Waals surface area (Å²) in [6, 6.07) is 13.6. The molecule has 0 spiro atoms. The van der Waals surface area contributed by atoms with Crippen molar-refractivity contribution in [1.29, 1.82) is 0 Å². The highest BCUT2D eigenvalue weighted by atomic mass is 32.2. The zero-order chi connectivity index (χ0) is 27.5. The number of nitro benzene ring substituents is 1. The molecule has 3 rings (SSSR count). The van der Waals surface area contributed by atoms with Crippen LogP contribution in [0.1, 0.15) is 40.8 Å². The Balaban J connectivity index is 1.98. The van der Waals surface area contributed by atoms with E-state index in [4.69, 9.17) is 4.74 Å². The molecule has 3 aromatic carbocycles. The second kappa shape index (κ2) is 11.0. The first-order valence-corrected chi connectivity index (χ1v) is 13.1. The van der Waals surface area contributed by atoms with Gasteiger partial charge in [-0.2, -0.15) is 0 Å². The fraction of sp³-hybridized carbons (Fsp3) is 0.296. The van der Waals surface area contributed by atoms with Gasteiger partial charge in [-0.25, -0.2) is 8.42 Å². The lowest BCUT2D eigenvalue weighted by Gasteiger charge is -2.26. The molecule has 3 aromatic rings. The molecule has 1 unspecified atom stereocenters. The van der Waals surface area contributed by atoms with E-state index in [1.807, 2.05) is 39.8 Å². The highest BCUT2D eigenvalue weighted by Crippen LogP contribution is 2.29. The minimum absolute atomic E-state index is 0.217. The number of benzene rings is 3. The standard InChI is InChI=1S/C27H31N3O6S/c1-17-7-12-24(15-26(17)30(32)33)37(34,35)29(22-8-10-23(36-6)11-9-22)16-27(31)28-21(5)25-14-19(3)18(2)13-20(25)4/h7-15,21H,16H2,1-6H3,(H,28,31). The minimum Gasteiger partial charge on any atom is -0.497 e. The third-order valence-electron chi connectivity index (χ3n) is 6.34. The van der Waals surface area contributed by atoms with Gasteiger partial charge in [0, 0.05) is 11.6 Å². The van der Waals surface area contributed by atoms with Crippen molar-refractivity contribution in [2.45, 2.75) is 45.6 Å². The molecule has 1 atom stereocenters. The number of ether oxygens (including phenoxy) is 1. The lowest BCUT2D eigenvalue weighted by molar-refractivity contribution is -0.385. The highest BCUT2D eigenvalue weighted by molar-refractivity contribution is 7.92. The molecule has 9 nitrogen and oxygen atoms in total. The summed E-state index contributed by atoms with van der Waals surface area (Å²) in [6.07, 6.45) is 0. The number of rotatable bonds is 9. The van der Waals surface area contributed by atoms with Crippen molar-refractivity contribution in [3.8, 4) is 5.75 Å². The van der Waals surface area contributed by atoms with Gasteiger partial charge >= 0.3 is 0 Å². The van der Waals surface area contributed by atoms with Crippen molar-refractivity contribution in [1.82, 2.24) is 5.32 Å². The van der Waals surface area contributed by atoms with Crippen LogP contribution in [0.4, 0.5) is 11.4 Å². The fourth-order valence-electron chi connectivity index (χ4n) is 4.08. The molecule has 0 fully saturated rings. The number of hydrogen-bond donors (Lipinski definition) is 1. The van der Waals surface area contributed by atoms with Crippen LogP contribution in [-0.4, -0.2) is 32.9 Å². The van der Waals surface area contributed by atoms with Crippen LogP contribution in [0.15, 0.2) is 59.5 Å². The van der Waals surface area contributed by atoms with Crippen molar-refractivity contribution >= 4 is 27.3 Å². The first-order chi connectivity index (χ1) is 17.3. The van der Waals surface area contributed by atoms with Crippen LogP contribution >= 0.6 is 0 Å². The molecular weight excluding hydrogens is 494 g/mol. The lowest BCUT2D eigenvalue weighted by atomic mass is 9.96. The molecule has 0 aliphatic heterocycles. The molecular formula is C27H31N3O6S. The first kappa shape index (κ1) is 27.7. The summed E-state index contributed by atoms with van der Waals surface area (Å²) in [5.41, 5.74) is 4.41. The van der Waals surface area contributed by atoms with Crippen molar-refractivity contribution in [3.63, 3.8) is 0 Å². The maximum absolute atomic E-state index is 13.7. The molecule has 37 heavy (non-hydrogen) atoms. The van der Waals surface area contributed by atoms with E-state index in [0.29, 0.717) is 11.3 Å². The number of nitrogens with one attached hydrogen (secondary N) is 1. The molecule has 0 saturated heterocycles. The number of anilines is 1. The topological polar surface area (TPSA) is 119 Å². The predicted octanol–water partition coefficient (Wildman–Crippen LogP) is 4.91. The quantitative estimate of drug-likeness (QED) is 0.313. The maximum Gasteiger partial charge on any atom is 0.273 e. The Morgan fingerprint density at radius 2 is 1.59 bits per heavy atom. The Bertz CT molecular complexity index is 1440. The number of aryl methyl sites for hydroxylation is 4. The normalized spacial score (nSPS) is 12.1. The molecule has 0 aromatic heterocycles. The molecule has 1 amide bonds.